The summed E-state index contributed by atoms with van der Waals surface area (Å²) in [5.41, 5.74) is 1.68. The molecule has 1 fully saturated rings. The van der Waals surface area contributed by atoms with Gasteiger partial charge in [-0.15, -0.1) is 0 Å². The normalized spacial score (nSPS) is 14.7. The zero-order valence-corrected chi connectivity index (χ0v) is 12.0. The maximum atomic E-state index is 12.0. The number of carbonyl (C=O) groups is 3. The molecule has 1 aromatic rings. The number of benzene rings is 1. The number of rotatable bonds is 4. The fourth-order valence-corrected chi connectivity index (χ4v) is 2.23. The maximum absolute atomic E-state index is 12.0. The Hall–Kier alpha value is -2.37. The SMILES string of the molecule is Cc1ccccc1NC(=O)CC(=O)N1CCN(C=O)CC1. The summed E-state index contributed by atoms with van der Waals surface area (Å²) in [6.07, 6.45) is 0.613. The second-order valence-corrected chi connectivity index (χ2v) is 5.06. The molecule has 21 heavy (non-hydrogen) atoms. The van der Waals surface area contributed by atoms with Gasteiger partial charge in [0.2, 0.25) is 18.2 Å². The van der Waals surface area contributed by atoms with Gasteiger partial charge >= 0.3 is 0 Å². The minimum atomic E-state index is -0.313. The molecule has 0 unspecified atom stereocenters. The lowest BCUT2D eigenvalue weighted by molar-refractivity contribution is -0.137. The van der Waals surface area contributed by atoms with Gasteiger partial charge in [0, 0.05) is 31.9 Å². The van der Waals surface area contributed by atoms with Gasteiger partial charge in [-0.3, -0.25) is 14.4 Å². The molecule has 0 bridgehead atoms. The number of hydrogen-bond donors (Lipinski definition) is 1. The fourth-order valence-electron chi connectivity index (χ4n) is 2.23. The number of piperazine rings is 1. The first-order chi connectivity index (χ1) is 10.1. The molecule has 3 amide bonds. The molecule has 1 heterocycles. The fraction of sp³-hybridized carbons (Fsp3) is 0.400. The van der Waals surface area contributed by atoms with Crippen LogP contribution in [0.1, 0.15) is 12.0 Å². The maximum Gasteiger partial charge on any atom is 0.233 e. The second-order valence-electron chi connectivity index (χ2n) is 5.06. The van der Waals surface area contributed by atoms with Gasteiger partial charge in [-0.25, -0.2) is 0 Å². The number of para-hydroxylation sites is 1. The highest BCUT2D eigenvalue weighted by Gasteiger charge is 2.22. The van der Waals surface area contributed by atoms with Crippen molar-refractivity contribution in [2.45, 2.75) is 13.3 Å². The van der Waals surface area contributed by atoms with Crippen LogP contribution in [0.2, 0.25) is 0 Å². The average molecular weight is 289 g/mol. The summed E-state index contributed by atoms with van der Waals surface area (Å²) >= 11 is 0. The van der Waals surface area contributed by atoms with Gasteiger partial charge in [-0.05, 0) is 18.6 Å². The van der Waals surface area contributed by atoms with Gasteiger partial charge in [0.15, 0.2) is 0 Å². The van der Waals surface area contributed by atoms with Crippen molar-refractivity contribution in [3.63, 3.8) is 0 Å². The molecule has 1 aliphatic rings. The highest BCUT2D eigenvalue weighted by molar-refractivity contribution is 6.03. The van der Waals surface area contributed by atoms with E-state index in [0.29, 0.717) is 26.2 Å². The van der Waals surface area contributed by atoms with E-state index in [0.717, 1.165) is 17.7 Å². The third kappa shape index (κ3) is 4.05. The van der Waals surface area contributed by atoms with E-state index in [-0.39, 0.29) is 18.2 Å². The van der Waals surface area contributed by atoms with E-state index in [9.17, 15) is 14.4 Å². The number of hydrogen-bond acceptors (Lipinski definition) is 3. The highest BCUT2D eigenvalue weighted by Crippen LogP contribution is 2.13. The van der Waals surface area contributed by atoms with Crippen molar-refractivity contribution in [1.29, 1.82) is 0 Å². The molecule has 0 spiro atoms. The molecule has 6 heteroatoms. The molecular weight excluding hydrogens is 270 g/mol. The Morgan fingerprint density at radius 1 is 1.19 bits per heavy atom. The van der Waals surface area contributed by atoms with Gasteiger partial charge in [0.05, 0.1) is 0 Å². The zero-order valence-electron chi connectivity index (χ0n) is 12.0. The lowest BCUT2D eigenvalue weighted by Crippen LogP contribution is -2.48. The smallest absolute Gasteiger partial charge is 0.233 e. The summed E-state index contributed by atoms with van der Waals surface area (Å²) < 4.78 is 0. The van der Waals surface area contributed by atoms with E-state index in [1.165, 1.54) is 0 Å². The number of nitrogens with zero attached hydrogens (tertiary/aromatic N) is 2. The van der Waals surface area contributed by atoms with E-state index in [2.05, 4.69) is 5.32 Å². The van der Waals surface area contributed by atoms with Crippen molar-refractivity contribution in [3.05, 3.63) is 29.8 Å². The molecule has 1 aromatic carbocycles. The Kier molecular flexibility index (Phi) is 4.92. The van der Waals surface area contributed by atoms with Crippen LogP contribution in [0.4, 0.5) is 5.69 Å². The van der Waals surface area contributed by atoms with Crippen LogP contribution in [-0.4, -0.2) is 54.2 Å². The van der Waals surface area contributed by atoms with Crippen LogP contribution in [0.15, 0.2) is 24.3 Å². The number of carbonyl (C=O) groups excluding carboxylic acids is 3. The summed E-state index contributed by atoms with van der Waals surface area (Å²) in [7, 11) is 0. The van der Waals surface area contributed by atoms with E-state index < -0.39 is 0 Å². The molecule has 1 saturated heterocycles. The lowest BCUT2D eigenvalue weighted by atomic mass is 10.2. The van der Waals surface area contributed by atoms with Crippen LogP contribution >= 0.6 is 0 Å². The van der Waals surface area contributed by atoms with E-state index in [4.69, 9.17) is 0 Å². The molecule has 2 rings (SSSR count). The molecule has 0 aromatic heterocycles. The molecule has 0 atom stereocenters. The predicted octanol–water partition coefficient (Wildman–Crippen LogP) is 0.624. The van der Waals surface area contributed by atoms with Gasteiger partial charge in [0.1, 0.15) is 6.42 Å². The quantitative estimate of drug-likeness (QED) is 0.652. The van der Waals surface area contributed by atoms with Crippen LogP contribution in [0.25, 0.3) is 0 Å². The monoisotopic (exact) mass is 289 g/mol. The predicted molar refractivity (Wildman–Crippen MR) is 78.6 cm³/mol. The largest absolute Gasteiger partial charge is 0.342 e. The van der Waals surface area contributed by atoms with Gasteiger partial charge in [0.25, 0.3) is 0 Å². The Bertz CT molecular complexity index is 537. The zero-order chi connectivity index (χ0) is 15.2. The Morgan fingerprint density at radius 2 is 1.86 bits per heavy atom. The van der Waals surface area contributed by atoms with Gasteiger partial charge in [-0.1, -0.05) is 18.2 Å². The average Bonchev–Trinajstić information content (AvgIpc) is 2.49. The number of anilines is 1. The highest BCUT2D eigenvalue weighted by atomic mass is 16.2. The van der Waals surface area contributed by atoms with Crippen molar-refractivity contribution in [3.8, 4) is 0 Å². The molecular formula is C15H19N3O3. The molecule has 112 valence electrons. The third-order valence-corrected chi connectivity index (χ3v) is 3.55. The standard InChI is InChI=1S/C15H19N3O3/c1-12-4-2-3-5-13(12)16-14(20)10-15(21)18-8-6-17(11-19)7-9-18/h2-5,11H,6-10H2,1H3,(H,16,20). The first-order valence-electron chi connectivity index (χ1n) is 6.93. The van der Waals surface area contributed by atoms with E-state index in [1.54, 1.807) is 15.9 Å². The van der Waals surface area contributed by atoms with Crippen LogP contribution in [0.5, 0.6) is 0 Å². The number of nitrogens with one attached hydrogen (secondary N) is 1. The van der Waals surface area contributed by atoms with Crippen LogP contribution in [0, 0.1) is 6.92 Å². The van der Waals surface area contributed by atoms with E-state index in [1.807, 2.05) is 25.1 Å². The van der Waals surface area contributed by atoms with Crippen molar-refractivity contribution < 1.29 is 14.4 Å². The van der Waals surface area contributed by atoms with E-state index >= 15 is 0 Å². The van der Waals surface area contributed by atoms with Gasteiger partial charge < -0.3 is 15.1 Å². The summed E-state index contributed by atoms with van der Waals surface area (Å²) in [6.45, 7) is 3.91. The Morgan fingerprint density at radius 3 is 2.48 bits per heavy atom. The van der Waals surface area contributed by atoms with Crippen molar-refractivity contribution >= 4 is 23.9 Å². The minimum absolute atomic E-state index is 0.171. The van der Waals surface area contributed by atoms with Crippen LogP contribution in [-0.2, 0) is 14.4 Å². The molecule has 6 nitrogen and oxygen atoms in total. The Balaban J connectivity index is 1.84. The second kappa shape index (κ2) is 6.88. The summed E-state index contributed by atoms with van der Waals surface area (Å²) in [6, 6.07) is 7.43. The number of amides is 3. The van der Waals surface area contributed by atoms with Gasteiger partial charge in [-0.2, -0.15) is 0 Å². The minimum Gasteiger partial charge on any atom is -0.342 e. The summed E-state index contributed by atoms with van der Waals surface area (Å²) in [4.78, 5) is 37.8. The lowest BCUT2D eigenvalue weighted by Gasteiger charge is -2.32. The topological polar surface area (TPSA) is 69.7 Å². The molecule has 0 saturated carbocycles. The molecule has 0 aliphatic carbocycles. The van der Waals surface area contributed by atoms with Crippen molar-refractivity contribution in [2.75, 3.05) is 31.5 Å². The molecule has 0 radical (unpaired) electrons. The Labute approximate surface area is 123 Å². The molecule has 1 N–H and O–H groups in total. The van der Waals surface area contributed by atoms with Crippen LogP contribution < -0.4 is 5.32 Å². The van der Waals surface area contributed by atoms with Crippen LogP contribution in [0.3, 0.4) is 0 Å². The summed E-state index contributed by atoms with van der Waals surface area (Å²) in [5.74, 6) is -0.515. The summed E-state index contributed by atoms with van der Waals surface area (Å²) in [5, 5.41) is 2.75. The third-order valence-electron chi connectivity index (χ3n) is 3.55. The first-order valence-corrected chi connectivity index (χ1v) is 6.93. The molecule has 1 aliphatic heterocycles. The first kappa shape index (κ1) is 15.0. The van der Waals surface area contributed by atoms with Crippen molar-refractivity contribution in [1.82, 2.24) is 9.80 Å². The number of aryl methyl sites for hydroxylation is 1. The van der Waals surface area contributed by atoms with Crippen molar-refractivity contribution in [2.24, 2.45) is 0 Å².